The van der Waals surface area contributed by atoms with Gasteiger partial charge in [-0.15, -0.1) is 0 Å². The van der Waals surface area contributed by atoms with Crippen LogP contribution < -0.4 is 5.32 Å². The van der Waals surface area contributed by atoms with Crippen LogP contribution in [0.1, 0.15) is 18.4 Å². The summed E-state index contributed by atoms with van der Waals surface area (Å²) in [6.45, 7) is 6.96. The van der Waals surface area contributed by atoms with Crippen molar-refractivity contribution in [3.05, 3.63) is 34.9 Å². The van der Waals surface area contributed by atoms with Gasteiger partial charge in [-0.1, -0.05) is 30.7 Å². The number of hydrogen-bond donors (Lipinski definition) is 1. The quantitative estimate of drug-likeness (QED) is 0.897. The average Bonchev–Trinajstić information content (AvgIpc) is 2.38. The normalized spacial score (nSPS) is 22.4. The second-order valence-corrected chi connectivity index (χ2v) is 5.81. The molecule has 4 heteroatoms. The summed E-state index contributed by atoms with van der Waals surface area (Å²) in [5.74, 6) is 0.458. The third-order valence-corrected chi connectivity index (χ3v) is 3.82. The zero-order valence-electron chi connectivity index (χ0n) is 11.7. The smallest absolute Gasteiger partial charge is 0.0826 e. The minimum Gasteiger partial charge on any atom is -0.374 e. The van der Waals surface area contributed by atoms with E-state index in [0.717, 1.165) is 37.8 Å². The first kappa shape index (κ1) is 14.8. The number of ether oxygens (including phenoxy) is 1. The number of nitrogens with zero attached hydrogens (tertiary/aromatic N) is 1. The number of likely N-dealkylation sites (N-methyl/N-ethyl adjacent to an activating group) is 1. The molecule has 0 radical (unpaired) electrons. The van der Waals surface area contributed by atoms with E-state index in [0.29, 0.717) is 12.0 Å². The summed E-state index contributed by atoms with van der Waals surface area (Å²) >= 11 is 6.01. The van der Waals surface area contributed by atoms with Crippen molar-refractivity contribution in [1.82, 2.24) is 10.2 Å². The van der Waals surface area contributed by atoms with E-state index in [1.165, 1.54) is 5.56 Å². The molecule has 1 fully saturated rings. The van der Waals surface area contributed by atoms with Gasteiger partial charge in [-0.2, -0.15) is 0 Å². The highest BCUT2D eigenvalue weighted by molar-refractivity contribution is 6.30. The van der Waals surface area contributed by atoms with Crippen LogP contribution in [0.3, 0.4) is 0 Å². The van der Waals surface area contributed by atoms with Crippen molar-refractivity contribution in [3.8, 4) is 0 Å². The van der Waals surface area contributed by atoms with Crippen LogP contribution in [0.4, 0.5) is 0 Å². The van der Waals surface area contributed by atoms with Gasteiger partial charge in [-0.05, 0) is 30.7 Å². The number of hydrogen-bond acceptors (Lipinski definition) is 3. The number of benzene rings is 1. The minimum atomic E-state index is 0.310. The van der Waals surface area contributed by atoms with Crippen molar-refractivity contribution < 1.29 is 4.74 Å². The Morgan fingerprint density at radius 1 is 1.53 bits per heavy atom. The molecule has 1 aromatic carbocycles. The van der Waals surface area contributed by atoms with Crippen LogP contribution >= 0.6 is 11.6 Å². The van der Waals surface area contributed by atoms with Crippen molar-refractivity contribution in [1.29, 1.82) is 0 Å². The lowest BCUT2D eigenvalue weighted by Gasteiger charge is -2.30. The fraction of sp³-hybridized carbons (Fsp3) is 0.600. The Hall–Kier alpha value is -0.610. The molecule has 0 amide bonds. The van der Waals surface area contributed by atoms with Gasteiger partial charge in [0.1, 0.15) is 0 Å². The molecule has 106 valence electrons. The maximum atomic E-state index is 6.01. The summed E-state index contributed by atoms with van der Waals surface area (Å²) in [5, 5.41) is 4.31. The molecule has 0 unspecified atom stereocenters. The third kappa shape index (κ3) is 4.77. The summed E-state index contributed by atoms with van der Waals surface area (Å²) in [4.78, 5) is 2.32. The SMILES string of the molecule is C[C@@H](CNC[C@H]1CN(C)CCO1)c1cccc(Cl)c1. The molecule has 1 aromatic rings. The highest BCUT2D eigenvalue weighted by Crippen LogP contribution is 2.18. The van der Waals surface area contributed by atoms with Crippen LogP contribution in [0.25, 0.3) is 0 Å². The summed E-state index contributed by atoms with van der Waals surface area (Å²) in [5.41, 5.74) is 1.28. The molecule has 0 aromatic heterocycles. The van der Waals surface area contributed by atoms with Crippen molar-refractivity contribution in [2.45, 2.75) is 18.9 Å². The van der Waals surface area contributed by atoms with E-state index in [2.05, 4.69) is 30.3 Å². The van der Waals surface area contributed by atoms with Gasteiger partial charge in [0.25, 0.3) is 0 Å². The van der Waals surface area contributed by atoms with Gasteiger partial charge < -0.3 is 15.0 Å². The lowest BCUT2D eigenvalue weighted by Crippen LogP contribution is -2.45. The predicted octanol–water partition coefficient (Wildman–Crippen LogP) is 2.36. The third-order valence-electron chi connectivity index (χ3n) is 3.58. The highest BCUT2D eigenvalue weighted by Gasteiger charge is 2.17. The van der Waals surface area contributed by atoms with Gasteiger partial charge in [-0.3, -0.25) is 0 Å². The van der Waals surface area contributed by atoms with E-state index in [-0.39, 0.29) is 0 Å². The van der Waals surface area contributed by atoms with E-state index >= 15 is 0 Å². The number of halogens is 1. The van der Waals surface area contributed by atoms with Gasteiger partial charge in [0.15, 0.2) is 0 Å². The molecule has 0 aliphatic carbocycles. The van der Waals surface area contributed by atoms with Crippen LogP contribution in [-0.2, 0) is 4.74 Å². The van der Waals surface area contributed by atoms with Gasteiger partial charge >= 0.3 is 0 Å². The lowest BCUT2D eigenvalue weighted by atomic mass is 10.0. The molecule has 2 atom stereocenters. The molecule has 0 spiro atoms. The zero-order chi connectivity index (χ0) is 13.7. The van der Waals surface area contributed by atoms with E-state index in [9.17, 15) is 0 Å². The monoisotopic (exact) mass is 282 g/mol. The molecule has 3 nitrogen and oxygen atoms in total. The molecule has 0 saturated carbocycles. The molecule has 1 N–H and O–H groups in total. The van der Waals surface area contributed by atoms with Crippen molar-refractivity contribution >= 4 is 11.6 Å². The minimum absolute atomic E-state index is 0.310. The molecule has 1 heterocycles. The first-order valence-electron chi connectivity index (χ1n) is 6.91. The molecule has 1 saturated heterocycles. The van der Waals surface area contributed by atoms with Crippen LogP contribution in [0.15, 0.2) is 24.3 Å². The van der Waals surface area contributed by atoms with E-state index < -0.39 is 0 Å². The van der Waals surface area contributed by atoms with Crippen LogP contribution in [-0.4, -0.2) is 50.8 Å². The van der Waals surface area contributed by atoms with E-state index in [1.54, 1.807) is 0 Å². The van der Waals surface area contributed by atoms with Crippen molar-refractivity contribution in [2.75, 3.05) is 39.8 Å². The molecule has 0 bridgehead atoms. The summed E-state index contributed by atoms with van der Waals surface area (Å²) in [7, 11) is 2.14. The zero-order valence-corrected chi connectivity index (χ0v) is 12.5. The molecular weight excluding hydrogens is 260 g/mol. The Bertz CT molecular complexity index is 399. The van der Waals surface area contributed by atoms with E-state index in [1.807, 2.05) is 18.2 Å². The number of nitrogens with one attached hydrogen (secondary N) is 1. The Morgan fingerprint density at radius 3 is 3.11 bits per heavy atom. The number of morpholine rings is 1. The molecule has 1 aliphatic rings. The maximum Gasteiger partial charge on any atom is 0.0826 e. The largest absolute Gasteiger partial charge is 0.374 e. The highest BCUT2D eigenvalue weighted by atomic mass is 35.5. The Balaban J connectivity index is 1.73. The van der Waals surface area contributed by atoms with Gasteiger partial charge in [0.05, 0.1) is 12.7 Å². The molecule has 2 rings (SSSR count). The second kappa shape index (κ2) is 7.25. The first-order valence-corrected chi connectivity index (χ1v) is 7.29. The second-order valence-electron chi connectivity index (χ2n) is 5.37. The summed E-state index contributed by atoms with van der Waals surface area (Å²) in [6, 6.07) is 8.09. The topological polar surface area (TPSA) is 24.5 Å². The summed E-state index contributed by atoms with van der Waals surface area (Å²) in [6.07, 6.45) is 0.310. The van der Waals surface area contributed by atoms with Gasteiger partial charge in [0.2, 0.25) is 0 Å². The maximum absolute atomic E-state index is 6.01. The van der Waals surface area contributed by atoms with Crippen LogP contribution in [0.5, 0.6) is 0 Å². The lowest BCUT2D eigenvalue weighted by molar-refractivity contribution is -0.0180. The molecule has 1 aliphatic heterocycles. The first-order chi connectivity index (χ1) is 9.15. The van der Waals surface area contributed by atoms with Crippen LogP contribution in [0.2, 0.25) is 5.02 Å². The Kier molecular flexibility index (Phi) is 5.64. The fourth-order valence-corrected chi connectivity index (χ4v) is 2.58. The molecular formula is C15H23ClN2O. The fourth-order valence-electron chi connectivity index (χ4n) is 2.38. The average molecular weight is 283 g/mol. The Labute approximate surface area is 120 Å². The molecule has 19 heavy (non-hydrogen) atoms. The van der Waals surface area contributed by atoms with E-state index in [4.69, 9.17) is 16.3 Å². The van der Waals surface area contributed by atoms with Crippen molar-refractivity contribution in [3.63, 3.8) is 0 Å². The predicted molar refractivity (Wildman–Crippen MR) is 80.0 cm³/mol. The summed E-state index contributed by atoms with van der Waals surface area (Å²) < 4.78 is 5.73. The van der Waals surface area contributed by atoms with Gasteiger partial charge in [-0.25, -0.2) is 0 Å². The number of rotatable bonds is 5. The standard InChI is InChI=1S/C15H23ClN2O/c1-12(13-4-3-5-14(16)8-13)9-17-10-15-11-18(2)6-7-19-15/h3-5,8,12,15,17H,6-7,9-11H2,1-2H3/t12-,15-/m0/s1. The van der Waals surface area contributed by atoms with Crippen molar-refractivity contribution in [2.24, 2.45) is 0 Å². The Morgan fingerprint density at radius 2 is 2.37 bits per heavy atom. The van der Waals surface area contributed by atoms with Gasteiger partial charge in [0, 0.05) is 31.2 Å². The van der Waals surface area contributed by atoms with Crippen LogP contribution in [0, 0.1) is 0 Å².